The maximum absolute atomic E-state index is 12.4. The Bertz CT molecular complexity index is 525. The zero-order valence-electron chi connectivity index (χ0n) is 14.9. The normalized spacial score (nSPS) is 17.9. The van der Waals surface area contributed by atoms with Gasteiger partial charge in [-0.1, -0.05) is 0 Å². The molecule has 0 aromatic rings. The molecule has 9 nitrogen and oxygen atoms in total. The number of piperidine rings is 1. The maximum atomic E-state index is 12.4. The van der Waals surface area contributed by atoms with Gasteiger partial charge in [-0.2, -0.15) is 4.79 Å². The SMILES string of the molecule is CO[C@H](C)C(=O)N[C@@H](CCC(=O)C=[N+]=[N-])C(=O)OC1CCN(C)CC1. The molecule has 0 bridgehead atoms. The van der Waals surface area contributed by atoms with Crippen molar-refractivity contribution in [1.82, 2.24) is 10.2 Å². The molecule has 2 atom stereocenters. The fraction of sp³-hybridized carbons (Fsp3) is 0.750. The van der Waals surface area contributed by atoms with Crippen molar-refractivity contribution in [2.45, 2.75) is 50.9 Å². The van der Waals surface area contributed by atoms with E-state index in [0.29, 0.717) is 0 Å². The second kappa shape index (κ2) is 10.7. The molecule has 1 saturated heterocycles. The Kier molecular flexibility index (Phi) is 8.98. The van der Waals surface area contributed by atoms with Gasteiger partial charge in [-0.25, -0.2) is 4.79 Å². The summed E-state index contributed by atoms with van der Waals surface area (Å²) < 4.78 is 10.4. The molecule has 0 saturated carbocycles. The molecule has 0 aromatic carbocycles. The van der Waals surface area contributed by atoms with E-state index in [4.69, 9.17) is 15.0 Å². The number of carbonyl (C=O) groups excluding carboxylic acids is 3. The first-order valence-corrected chi connectivity index (χ1v) is 8.29. The average molecular weight is 354 g/mol. The highest BCUT2D eigenvalue weighted by Gasteiger charge is 2.29. The average Bonchev–Trinajstić information content (AvgIpc) is 2.59. The van der Waals surface area contributed by atoms with E-state index in [1.165, 1.54) is 7.11 Å². The van der Waals surface area contributed by atoms with Crippen molar-refractivity contribution >= 4 is 23.9 Å². The van der Waals surface area contributed by atoms with Crippen LogP contribution in [0.4, 0.5) is 0 Å². The lowest BCUT2D eigenvalue weighted by molar-refractivity contribution is -0.156. The summed E-state index contributed by atoms with van der Waals surface area (Å²) in [5.74, 6) is -1.48. The summed E-state index contributed by atoms with van der Waals surface area (Å²) in [6.07, 6.45) is 1.29. The third-order valence-corrected chi connectivity index (χ3v) is 4.15. The van der Waals surface area contributed by atoms with Gasteiger partial charge in [0.2, 0.25) is 11.7 Å². The van der Waals surface area contributed by atoms with Crippen LogP contribution >= 0.6 is 0 Å². The van der Waals surface area contributed by atoms with E-state index in [0.717, 1.165) is 32.1 Å². The van der Waals surface area contributed by atoms with Crippen LogP contribution in [0.1, 0.15) is 32.6 Å². The molecule has 1 aliphatic rings. The van der Waals surface area contributed by atoms with Crippen molar-refractivity contribution in [1.29, 1.82) is 0 Å². The van der Waals surface area contributed by atoms with Gasteiger partial charge in [0.1, 0.15) is 18.2 Å². The first-order valence-electron chi connectivity index (χ1n) is 8.29. The molecule has 1 fully saturated rings. The Morgan fingerprint density at radius 1 is 1.36 bits per heavy atom. The van der Waals surface area contributed by atoms with Gasteiger partial charge in [0.15, 0.2) is 0 Å². The van der Waals surface area contributed by atoms with E-state index in [2.05, 4.69) is 15.0 Å². The molecule has 9 heteroatoms. The van der Waals surface area contributed by atoms with Crippen LogP contribution in [0, 0.1) is 0 Å². The smallest absolute Gasteiger partial charge is 0.328 e. The van der Waals surface area contributed by atoms with Crippen LogP contribution in [0.15, 0.2) is 0 Å². The van der Waals surface area contributed by atoms with Crippen molar-refractivity contribution < 1.29 is 28.6 Å². The first-order chi connectivity index (χ1) is 11.9. The highest BCUT2D eigenvalue weighted by molar-refractivity contribution is 6.25. The fourth-order valence-electron chi connectivity index (χ4n) is 2.41. The van der Waals surface area contributed by atoms with Crippen molar-refractivity contribution in [3.8, 4) is 0 Å². The summed E-state index contributed by atoms with van der Waals surface area (Å²) in [4.78, 5) is 40.7. The first kappa shape index (κ1) is 21.0. The molecule has 1 amide bonds. The number of amides is 1. The number of nitrogens with one attached hydrogen (secondary N) is 1. The molecule has 1 aliphatic heterocycles. The predicted octanol–water partition coefficient (Wildman–Crippen LogP) is -0.207. The van der Waals surface area contributed by atoms with E-state index >= 15 is 0 Å². The van der Waals surface area contributed by atoms with Crippen molar-refractivity contribution in [3.63, 3.8) is 0 Å². The topological polar surface area (TPSA) is 121 Å². The van der Waals surface area contributed by atoms with Gasteiger partial charge in [0, 0.05) is 26.6 Å². The number of carbonyl (C=O) groups is 3. The summed E-state index contributed by atoms with van der Waals surface area (Å²) in [5.41, 5.74) is 8.37. The Labute approximate surface area is 147 Å². The molecule has 0 spiro atoms. The molecule has 1 rings (SSSR count). The number of esters is 1. The minimum absolute atomic E-state index is 0.0541. The van der Waals surface area contributed by atoms with Crippen LogP contribution < -0.4 is 5.32 Å². The molecule has 1 N–H and O–H groups in total. The third kappa shape index (κ3) is 7.55. The summed E-state index contributed by atoms with van der Waals surface area (Å²) in [5, 5.41) is 2.56. The molecule has 140 valence electrons. The van der Waals surface area contributed by atoms with Crippen molar-refractivity contribution in [3.05, 3.63) is 5.53 Å². The number of ketones is 1. The lowest BCUT2D eigenvalue weighted by Gasteiger charge is -2.30. The molecule has 1 heterocycles. The van der Waals surface area contributed by atoms with Gasteiger partial charge in [-0.15, -0.1) is 0 Å². The molecule has 0 radical (unpaired) electrons. The standard InChI is InChI=1S/C16H26N4O5/c1-11(24-3)15(22)19-14(5-4-12(21)10-18-17)16(23)25-13-6-8-20(2)9-7-13/h10-11,13-14H,4-9H2,1-3H3,(H,19,22)/t11-,14+/m1/s1. The second-order valence-corrected chi connectivity index (χ2v) is 6.13. The fourth-order valence-corrected chi connectivity index (χ4v) is 2.41. The van der Waals surface area contributed by atoms with E-state index in [1.54, 1.807) is 6.92 Å². The molecule has 0 aromatic heterocycles. The van der Waals surface area contributed by atoms with Gasteiger partial charge in [0.05, 0.1) is 0 Å². The highest BCUT2D eigenvalue weighted by Crippen LogP contribution is 2.14. The van der Waals surface area contributed by atoms with Crippen LogP contribution in [0.25, 0.3) is 5.53 Å². The minimum Gasteiger partial charge on any atom is -0.461 e. The summed E-state index contributed by atoms with van der Waals surface area (Å²) in [6.45, 7) is 3.22. The van der Waals surface area contributed by atoms with Crippen LogP contribution in [-0.2, 0) is 23.9 Å². The lowest BCUT2D eigenvalue weighted by atomic mass is 10.1. The van der Waals surface area contributed by atoms with Crippen molar-refractivity contribution in [2.24, 2.45) is 0 Å². The number of methoxy groups -OCH3 is 1. The molecule has 0 unspecified atom stereocenters. The number of likely N-dealkylation sites (tertiary alicyclic amines) is 1. The lowest BCUT2D eigenvalue weighted by Crippen LogP contribution is -2.47. The molecule has 25 heavy (non-hydrogen) atoms. The minimum atomic E-state index is -0.958. The van der Waals surface area contributed by atoms with Crippen LogP contribution in [-0.4, -0.2) is 79.1 Å². The van der Waals surface area contributed by atoms with Gasteiger partial charge >= 0.3 is 12.2 Å². The van der Waals surface area contributed by atoms with Crippen molar-refractivity contribution in [2.75, 3.05) is 27.2 Å². The predicted molar refractivity (Wildman–Crippen MR) is 88.9 cm³/mol. The summed E-state index contributed by atoms with van der Waals surface area (Å²) in [6, 6.07) is -0.958. The number of ether oxygens (including phenoxy) is 2. The van der Waals surface area contributed by atoms with Gasteiger partial charge in [-0.05, 0) is 33.2 Å². The van der Waals surface area contributed by atoms with Crippen LogP contribution in [0.2, 0.25) is 0 Å². The summed E-state index contributed by atoms with van der Waals surface area (Å²) in [7, 11) is 3.39. The van der Waals surface area contributed by atoms with E-state index < -0.39 is 29.8 Å². The summed E-state index contributed by atoms with van der Waals surface area (Å²) >= 11 is 0. The van der Waals surface area contributed by atoms with E-state index in [-0.39, 0.29) is 18.9 Å². The van der Waals surface area contributed by atoms with Gasteiger partial charge in [0.25, 0.3) is 0 Å². The number of rotatable bonds is 9. The Morgan fingerprint density at radius 3 is 2.56 bits per heavy atom. The van der Waals surface area contributed by atoms with Crippen LogP contribution in [0.3, 0.4) is 0 Å². The quantitative estimate of drug-likeness (QED) is 0.265. The number of hydrogen-bond acceptors (Lipinski definition) is 6. The Morgan fingerprint density at radius 2 is 2.00 bits per heavy atom. The number of nitrogens with zero attached hydrogens (tertiary/aromatic N) is 3. The number of Topliss-reactive ketones (excluding diaryl/α,β-unsaturated/α-hetero) is 1. The Balaban J connectivity index is 2.67. The third-order valence-electron chi connectivity index (χ3n) is 4.15. The van der Waals surface area contributed by atoms with Gasteiger partial charge in [-0.3, -0.25) is 9.59 Å². The second-order valence-electron chi connectivity index (χ2n) is 6.13. The molecule has 0 aliphatic carbocycles. The van der Waals surface area contributed by atoms with Gasteiger partial charge < -0.3 is 25.2 Å². The zero-order chi connectivity index (χ0) is 18.8. The van der Waals surface area contributed by atoms with E-state index in [1.807, 2.05) is 7.05 Å². The van der Waals surface area contributed by atoms with E-state index in [9.17, 15) is 14.4 Å². The highest BCUT2D eigenvalue weighted by atomic mass is 16.5. The Hall–Kier alpha value is -2.09. The molecular weight excluding hydrogens is 328 g/mol. The largest absolute Gasteiger partial charge is 0.461 e. The number of hydrogen-bond donors (Lipinski definition) is 1. The monoisotopic (exact) mass is 354 g/mol. The van der Waals surface area contributed by atoms with Crippen LogP contribution in [0.5, 0.6) is 0 Å². The molecular formula is C16H26N4O5. The maximum Gasteiger partial charge on any atom is 0.328 e. The zero-order valence-corrected chi connectivity index (χ0v) is 14.9.